The van der Waals surface area contributed by atoms with Crippen LogP contribution in [0.25, 0.3) is 0 Å². The highest BCUT2D eigenvalue weighted by Crippen LogP contribution is 2.30. The van der Waals surface area contributed by atoms with Crippen molar-refractivity contribution in [3.8, 4) is 5.75 Å². The van der Waals surface area contributed by atoms with Gasteiger partial charge in [0.05, 0.1) is 5.56 Å². The number of benzene rings is 3. The van der Waals surface area contributed by atoms with Crippen LogP contribution < -0.4 is 22.5 Å². The first-order valence-corrected chi connectivity index (χ1v) is 13.2. The van der Waals surface area contributed by atoms with Crippen molar-refractivity contribution in [2.75, 3.05) is 18.4 Å². The molecule has 1 N–H and O–H groups in total. The number of nitrogens with zero attached hydrogens (tertiary/aromatic N) is 2. The molecule has 36 heavy (non-hydrogen) atoms. The number of fused-ring (bicyclic) bond motifs is 1. The maximum Gasteiger partial charge on any atom is 0.343 e. The molecule has 0 radical (unpaired) electrons. The SMILES string of the molecule is Cc1ccc(C(=O)Oc2ccc(NC3=NS(=O)(=O)c4ccccc43)cc2CN2CCCCC2)cc1.[Cl-]. The van der Waals surface area contributed by atoms with E-state index >= 15 is 0 Å². The van der Waals surface area contributed by atoms with Gasteiger partial charge in [-0.3, -0.25) is 4.90 Å². The predicted molar refractivity (Wildman–Crippen MR) is 135 cm³/mol. The third kappa shape index (κ3) is 5.61. The minimum Gasteiger partial charge on any atom is -1.00 e. The zero-order chi connectivity index (χ0) is 24.4. The molecule has 2 aliphatic heterocycles. The number of likely N-dealkylation sites (tertiary alicyclic amines) is 1. The van der Waals surface area contributed by atoms with Gasteiger partial charge < -0.3 is 22.5 Å². The van der Waals surface area contributed by atoms with Crippen LogP contribution in [0.3, 0.4) is 0 Å². The molecule has 0 saturated carbocycles. The molecular formula is C27H27ClN3O4S-. The number of anilines is 1. The summed E-state index contributed by atoms with van der Waals surface area (Å²) in [5.74, 6) is 0.368. The molecule has 2 aliphatic rings. The number of hydrogen-bond acceptors (Lipinski definition) is 6. The number of rotatable bonds is 5. The first-order valence-electron chi connectivity index (χ1n) is 11.7. The van der Waals surface area contributed by atoms with Crippen LogP contribution in [0.1, 0.15) is 46.3 Å². The molecule has 7 nitrogen and oxygen atoms in total. The minimum absolute atomic E-state index is 0. The molecule has 188 valence electrons. The van der Waals surface area contributed by atoms with E-state index in [-0.39, 0.29) is 23.1 Å². The van der Waals surface area contributed by atoms with Crippen molar-refractivity contribution in [2.24, 2.45) is 4.40 Å². The summed E-state index contributed by atoms with van der Waals surface area (Å²) in [6, 6.07) is 19.5. The monoisotopic (exact) mass is 524 g/mol. The number of piperidine rings is 1. The Hall–Kier alpha value is -3.20. The highest BCUT2D eigenvalue weighted by Gasteiger charge is 2.28. The Bertz CT molecular complexity index is 1400. The number of esters is 1. The quantitative estimate of drug-likeness (QED) is 0.404. The summed E-state index contributed by atoms with van der Waals surface area (Å²) in [5.41, 5.74) is 3.63. The lowest BCUT2D eigenvalue weighted by Crippen LogP contribution is -3.00. The Balaban J connectivity index is 0.00000304. The van der Waals surface area contributed by atoms with Gasteiger partial charge in [-0.15, -0.1) is 4.40 Å². The summed E-state index contributed by atoms with van der Waals surface area (Å²) < 4.78 is 34.6. The van der Waals surface area contributed by atoms with Crippen LogP contribution in [0.4, 0.5) is 5.69 Å². The van der Waals surface area contributed by atoms with Crippen LogP contribution in [0, 0.1) is 6.92 Å². The van der Waals surface area contributed by atoms with Gasteiger partial charge in [0.15, 0.2) is 5.84 Å². The average Bonchev–Trinajstić information content (AvgIpc) is 3.11. The zero-order valence-electron chi connectivity index (χ0n) is 19.9. The number of sulfonamides is 1. The van der Waals surface area contributed by atoms with Gasteiger partial charge >= 0.3 is 5.97 Å². The summed E-state index contributed by atoms with van der Waals surface area (Å²) >= 11 is 0. The van der Waals surface area contributed by atoms with Crippen molar-refractivity contribution < 1.29 is 30.4 Å². The van der Waals surface area contributed by atoms with Gasteiger partial charge in [0.2, 0.25) is 0 Å². The molecule has 0 amide bonds. The summed E-state index contributed by atoms with van der Waals surface area (Å²) in [4.78, 5) is 15.3. The second-order valence-corrected chi connectivity index (χ2v) is 10.5. The molecule has 1 saturated heterocycles. The second-order valence-electron chi connectivity index (χ2n) is 8.95. The number of ether oxygens (including phenoxy) is 1. The fourth-order valence-corrected chi connectivity index (χ4v) is 5.60. The zero-order valence-corrected chi connectivity index (χ0v) is 21.5. The van der Waals surface area contributed by atoms with Crippen LogP contribution in [0.2, 0.25) is 0 Å². The molecule has 0 spiro atoms. The Kier molecular flexibility index (Phi) is 7.78. The van der Waals surface area contributed by atoms with Crippen molar-refractivity contribution in [3.05, 3.63) is 89.0 Å². The lowest BCUT2D eigenvalue weighted by Gasteiger charge is -2.27. The Labute approximate surface area is 217 Å². The molecule has 3 aromatic rings. The van der Waals surface area contributed by atoms with Crippen LogP contribution >= 0.6 is 0 Å². The molecule has 0 bridgehead atoms. The molecule has 0 atom stereocenters. The fourth-order valence-electron chi connectivity index (χ4n) is 4.42. The smallest absolute Gasteiger partial charge is 0.343 e. The van der Waals surface area contributed by atoms with E-state index in [0.29, 0.717) is 29.1 Å². The summed E-state index contributed by atoms with van der Waals surface area (Å²) in [7, 11) is -3.72. The van der Waals surface area contributed by atoms with Crippen molar-refractivity contribution in [1.82, 2.24) is 4.90 Å². The van der Waals surface area contributed by atoms with E-state index in [1.165, 1.54) is 6.42 Å². The standard InChI is InChI=1S/C27H27N3O4S.ClH/c1-19-9-11-20(12-10-19)27(31)34-24-14-13-22(17-21(24)18-30-15-5-2-6-16-30)28-26-23-7-3-4-8-25(23)35(32,33)29-26;/h3-4,7-14,17H,2,5-6,15-16,18H2,1H3,(H,28,29);1H/p-1. The van der Waals surface area contributed by atoms with E-state index in [0.717, 1.165) is 37.1 Å². The highest BCUT2D eigenvalue weighted by molar-refractivity contribution is 7.90. The van der Waals surface area contributed by atoms with Crippen molar-refractivity contribution in [2.45, 2.75) is 37.6 Å². The van der Waals surface area contributed by atoms with E-state index in [1.54, 1.807) is 48.5 Å². The first kappa shape index (κ1) is 25.9. The number of amidine groups is 1. The molecule has 3 aromatic carbocycles. The molecule has 0 aliphatic carbocycles. The van der Waals surface area contributed by atoms with E-state index < -0.39 is 16.0 Å². The number of nitrogens with one attached hydrogen (secondary N) is 1. The predicted octanol–water partition coefficient (Wildman–Crippen LogP) is 1.77. The molecule has 0 unspecified atom stereocenters. The topological polar surface area (TPSA) is 88.1 Å². The second kappa shape index (κ2) is 10.8. The third-order valence-corrected chi connectivity index (χ3v) is 7.62. The van der Waals surface area contributed by atoms with Crippen LogP contribution in [-0.4, -0.2) is 38.2 Å². The van der Waals surface area contributed by atoms with Gasteiger partial charge in [-0.25, -0.2) is 4.79 Å². The summed E-state index contributed by atoms with van der Waals surface area (Å²) in [6.07, 6.45) is 3.50. The molecule has 0 aromatic heterocycles. The lowest BCUT2D eigenvalue weighted by molar-refractivity contribution is -0.0000222. The van der Waals surface area contributed by atoms with Gasteiger partial charge in [0.1, 0.15) is 10.6 Å². The van der Waals surface area contributed by atoms with Crippen molar-refractivity contribution >= 4 is 27.5 Å². The van der Waals surface area contributed by atoms with Crippen LogP contribution in [-0.2, 0) is 16.6 Å². The maximum absolute atomic E-state index is 12.8. The number of carbonyl (C=O) groups is 1. The van der Waals surface area contributed by atoms with E-state index in [4.69, 9.17) is 4.74 Å². The van der Waals surface area contributed by atoms with Crippen molar-refractivity contribution in [3.63, 3.8) is 0 Å². The van der Waals surface area contributed by atoms with E-state index in [1.807, 2.05) is 25.1 Å². The van der Waals surface area contributed by atoms with Crippen LogP contribution in [0.15, 0.2) is 76.0 Å². The summed E-state index contributed by atoms with van der Waals surface area (Å²) in [5, 5.41) is 3.16. The number of aryl methyl sites for hydroxylation is 1. The van der Waals surface area contributed by atoms with Gasteiger partial charge in [0.25, 0.3) is 10.0 Å². The number of hydrogen-bond donors (Lipinski definition) is 1. The fraction of sp³-hybridized carbons (Fsp3) is 0.259. The third-order valence-electron chi connectivity index (χ3n) is 6.29. The van der Waals surface area contributed by atoms with E-state index in [9.17, 15) is 13.2 Å². The van der Waals surface area contributed by atoms with Crippen LogP contribution in [0.5, 0.6) is 5.75 Å². The molecule has 9 heteroatoms. The van der Waals surface area contributed by atoms with Gasteiger partial charge in [-0.05, 0) is 75.3 Å². The highest BCUT2D eigenvalue weighted by atomic mass is 35.5. The Morgan fingerprint density at radius 2 is 1.72 bits per heavy atom. The van der Waals surface area contributed by atoms with Gasteiger partial charge in [-0.2, -0.15) is 8.42 Å². The Morgan fingerprint density at radius 3 is 2.47 bits per heavy atom. The van der Waals surface area contributed by atoms with E-state index in [2.05, 4.69) is 14.6 Å². The molecular weight excluding hydrogens is 498 g/mol. The largest absolute Gasteiger partial charge is 1.00 e. The molecule has 5 rings (SSSR count). The number of halogens is 1. The lowest BCUT2D eigenvalue weighted by atomic mass is 10.1. The average molecular weight is 525 g/mol. The van der Waals surface area contributed by atoms with Gasteiger partial charge in [-0.1, -0.05) is 36.2 Å². The molecule has 1 fully saturated rings. The maximum atomic E-state index is 12.8. The van der Waals surface area contributed by atoms with Crippen molar-refractivity contribution in [1.29, 1.82) is 0 Å². The normalized spacial score (nSPS) is 16.4. The Morgan fingerprint density at radius 1 is 1.00 bits per heavy atom. The van der Waals surface area contributed by atoms with Gasteiger partial charge in [0, 0.05) is 23.4 Å². The minimum atomic E-state index is -3.72. The molecule has 2 heterocycles. The first-order chi connectivity index (χ1) is 16.9. The summed E-state index contributed by atoms with van der Waals surface area (Å²) in [6.45, 7) is 4.58. The number of carbonyl (C=O) groups excluding carboxylic acids is 1.